The Morgan fingerprint density at radius 1 is 1.19 bits per heavy atom. The second-order valence-corrected chi connectivity index (χ2v) is 7.02. The lowest BCUT2D eigenvalue weighted by Crippen LogP contribution is -2.47. The number of halogens is 1. The van der Waals surface area contributed by atoms with Crippen molar-refractivity contribution in [2.45, 2.75) is 19.3 Å². The molecule has 1 fully saturated rings. The number of rotatable bonds is 7. The zero-order valence-corrected chi connectivity index (χ0v) is 16.3. The molecule has 1 saturated heterocycles. The first kappa shape index (κ1) is 21.3. The molecule has 1 aromatic rings. The van der Waals surface area contributed by atoms with Gasteiger partial charge in [0.15, 0.2) is 0 Å². The first-order valence-corrected chi connectivity index (χ1v) is 8.98. The van der Waals surface area contributed by atoms with E-state index in [1.807, 2.05) is 0 Å². The SMILES string of the molecule is COCC1(CNC(=O)CCN2C(=O)c3ccccc3C2=O)CCNCC1.Cl. The van der Waals surface area contributed by atoms with Crippen molar-refractivity contribution in [2.75, 3.05) is 39.9 Å². The number of piperidine rings is 1. The Morgan fingerprint density at radius 2 is 1.78 bits per heavy atom. The van der Waals surface area contributed by atoms with E-state index in [4.69, 9.17) is 4.74 Å². The Kier molecular flexibility index (Phi) is 7.35. The van der Waals surface area contributed by atoms with Crippen LogP contribution in [0.5, 0.6) is 0 Å². The third-order valence-corrected chi connectivity index (χ3v) is 5.22. The van der Waals surface area contributed by atoms with Crippen molar-refractivity contribution in [3.05, 3.63) is 35.4 Å². The molecular formula is C19H26ClN3O4. The Bertz CT molecular complexity index is 663. The molecule has 2 N–H and O–H groups in total. The van der Waals surface area contributed by atoms with Crippen molar-refractivity contribution < 1.29 is 19.1 Å². The van der Waals surface area contributed by atoms with Gasteiger partial charge in [-0.2, -0.15) is 0 Å². The summed E-state index contributed by atoms with van der Waals surface area (Å²) in [5.41, 5.74) is 0.767. The van der Waals surface area contributed by atoms with Crippen LogP contribution >= 0.6 is 12.4 Å². The van der Waals surface area contributed by atoms with Crippen LogP contribution in [0.25, 0.3) is 0 Å². The fraction of sp³-hybridized carbons (Fsp3) is 0.526. The van der Waals surface area contributed by atoms with Crippen LogP contribution in [0.1, 0.15) is 40.0 Å². The third-order valence-electron chi connectivity index (χ3n) is 5.22. The van der Waals surface area contributed by atoms with Crippen LogP contribution in [0.4, 0.5) is 0 Å². The Labute approximate surface area is 165 Å². The van der Waals surface area contributed by atoms with Gasteiger partial charge in [-0.15, -0.1) is 12.4 Å². The van der Waals surface area contributed by atoms with Gasteiger partial charge in [-0.25, -0.2) is 0 Å². The van der Waals surface area contributed by atoms with Gasteiger partial charge in [-0.05, 0) is 38.1 Å². The van der Waals surface area contributed by atoms with Crippen LogP contribution in [0.15, 0.2) is 24.3 Å². The largest absolute Gasteiger partial charge is 0.384 e. The van der Waals surface area contributed by atoms with Crippen LogP contribution < -0.4 is 10.6 Å². The number of hydrogen-bond donors (Lipinski definition) is 2. The van der Waals surface area contributed by atoms with E-state index >= 15 is 0 Å². The normalized spacial score (nSPS) is 18.0. The van der Waals surface area contributed by atoms with Gasteiger partial charge in [-0.1, -0.05) is 12.1 Å². The maximum atomic E-state index is 12.3. The van der Waals surface area contributed by atoms with E-state index < -0.39 is 0 Å². The highest BCUT2D eigenvalue weighted by Crippen LogP contribution is 2.28. The molecule has 2 aliphatic rings. The predicted molar refractivity (Wildman–Crippen MR) is 103 cm³/mol. The summed E-state index contributed by atoms with van der Waals surface area (Å²) in [4.78, 5) is 38.0. The molecule has 7 nitrogen and oxygen atoms in total. The molecule has 0 saturated carbocycles. The second-order valence-electron chi connectivity index (χ2n) is 7.02. The lowest BCUT2D eigenvalue weighted by atomic mass is 9.79. The zero-order chi connectivity index (χ0) is 18.6. The van der Waals surface area contributed by atoms with Crippen molar-refractivity contribution >= 4 is 30.1 Å². The van der Waals surface area contributed by atoms with E-state index in [2.05, 4.69) is 10.6 Å². The maximum absolute atomic E-state index is 12.3. The topological polar surface area (TPSA) is 87.7 Å². The molecule has 8 heteroatoms. The zero-order valence-electron chi connectivity index (χ0n) is 15.5. The first-order valence-electron chi connectivity index (χ1n) is 8.98. The average Bonchev–Trinajstić information content (AvgIpc) is 2.90. The van der Waals surface area contributed by atoms with E-state index in [1.165, 1.54) is 0 Å². The van der Waals surface area contributed by atoms with Gasteiger partial charge in [0.2, 0.25) is 5.91 Å². The number of nitrogens with one attached hydrogen (secondary N) is 2. The molecule has 0 atom stereocenters. The smallest absolute Gasteiger partial charge is 0.261 e. The average molecular weight is 396 g/mol. The number of carbonyl (C=O) groups is 3. The molecule has 3 amide bonds. The molecule has 0 aromatic heterocycles. The number of benzene rings is 1. The van der Waals surface area contributed by atoms with Gasteiger partial charge < -0.3 is 15.4 Å². The molecule has 0 radical (unpaired) electrons. The lowest BCUT2D eigenvalue weighted by molar-refractivity contribution is -0.122. The number of imide groups is 1. The molecule has 1 aromatic carbocycles. The van der Waals surface area contributed by atoms with Crippen LogP contribution in [-0.2, 0) is 9.53 Å². The van der Waals surface area contributed by atoms with Crippen LogP contribution in [-0.4, -0.2) is 62.5 Å². The van der Waals surface area contributed by atoms with E-state index in [9.17, 15) is 14.4 Å². The summed E-state index contributed by atoms with van der Waals surface area (Å²) in [6, 6.07) is 6.74. The minimum Gasteiger partial charge on any atom is -0.384 e. The highest BCUT2D eigenvalue weighted by atomic mass is 35.5. The molecule has 0 bridgehead atoms. The molecule has 2 heterocycles. The second kappa shape index (κ2) is 9.30. The molecular weight excluding hydrogens is 370 g/mol. The highest BCUT2D eigenvalue weighted by Gasteiger charge is 2.35. The van der Waals surface area contributed by atoms with Gasteiger partial charge in [0, 0.05) is 32.0 Å². The summed E-state index contributed by atoms with van der Waals surface area (Å²) in [5, 5.41) is 6.27. The fourth-order valence-corrected chi connectivity index (χ4v) is 3.67. The standard InChI is InChI=1S/C19H25N3O4.ClH/c1-26-13-19(7-9-20-10-8-19)12-21-16(23)6-11-22-17(24)14-4-2-3-5-15(14)18(22)25;/h2-5,20H,6-13H2,1H3,(H,21,23);1H. The number of carbonyl (C=O) groups excluding carboxylic acids is 3. The van der Waals surface area contributed by atoms with Crippen LogP contribution in [0, 0.1) is 5.41 Å². The molecule has 3 rings (SSSR count). The van der Waals surface area contributed by atoms with E-state index in [0.29, 0.717) is 24.3 Å². The van der Waals surface area contributed by atoms with Crippen molar-refractivity contribution in [2.24, 2.45) is 5.41 Å². The molecule has 148 valence electrons. The number of ether oxygens (including phenoxy) is 1. The lowest BCUT2D eigenvalue weighted by Gasteiger charge is -2.37. The van der Waals surface area contributed by atoms with Gasteiger partial charge >= 0.3 is 0 Å². The van der Waals surface area contributed by atoms with Gasteiger partial charge in [0.25, 0.3) is 11.8 Å². The fourth-order valence-electron chi connectivity index (χ4n) is 3.67. The molecule has 0 aliphatic carbocycles. The van der Waals surface area contributed by atoms with Crippen molar-refractivity contribution in [3.63, 3.8) is 0 Å². The number of methoxy groups -OCH3 is 1. The predicted octanol–water partition coefficient (Wildman–Crippen LogP) is 1.23. The van der Waals surface area contributed by atoms with Crippen LogP contribution in [0.3, 0.4) is 0 Å². The highest BCUT2D eigenvalue weighted by molar-refractivity contribution is 6.21. The summed E-state index contributed by atoms with van der Waals surface area (Å²) in [6.45, 7) is 3.07. The Morgan fingerprint density at radius 3 is 2.33 bits per heavy atom. The Hall–Kier alpha value is -1.96. The van der Waals surface area contributed by atoms with E-state index in [-0.39, 0.29) is 48.5 Å². The van der Waals surface area contributed by atoms with E-state index in [1.54, 1.807) is 31.4 Å². The number of amides is 3. The molecule has 0 unspecified atom stereocenters. The van der Waals surface area contributed by atoms with Gasteiger partial charge in [-0.3, -0.25) is 19.3 Å². The minimum absolute atomic E-state index is 0. The number of nitrogens with zero attached hydrogens (tertiary/aromatic N) is 1. The Balaban J connectivity index is 0.00000261. The van der Waals surface area contributed by atoms with Gasteiger partial charge in [0.05, 0.1) is 17.7 Å². The van der Waals surface area contributed by atoms with Crippen LogP contribution in [0.2, 0.25) is 0 Å². The summed E-state index contributed by atoms with van der Waals surface area (Å²) in [5.74, 6) is -0.809. The summed E-state index contributed by atoms with van der Waals surface area (Å²) < 4.78 is 5.35. The minimum atomic E-state index is -0.326. The summed E-state index contributed by atoms with van der Waals surface area (Å²) in [6.07, 6.45) is 1.99. The monoisotopic (exact) mass is 395 g/mol. The molecule has 27 heavy (non-hydrogen) atoms. The van der Waals surface area contributed by atoms with Crippen molar-refractivity contribution in [1.82, 2.24) is 15.5 Å². The van der Waals surface area contributed by atoms with Crippen molar-refractivity contribution in [1.29, 1.82) is 0 Å². The third kappa shape index (κ3) is 4.66. The number of fused-ring (bicyclic) bond motifs is 1. The number of hydrogen-bond acceptors (Lipinski definition) is 5. The molecule has 2 aliphatic heterocycles. The quantitative estimate of drug-likeness (QED) is 0.678. The van der Waals surface area contributed by atoms with Crippen molar-refractivity contribution in [3.8, 4) is 0 Å². The van der Waals surface area contributed by atoms with Gasteiger partial charge in [0.1, 0.15) is 0 Å². The maximum Gasteiger partial charge on any atom is 0.261 e. The summed E-state index contributed by atoms with van der Waals surface area (Å²) >= 11 is 0. The molecule has 0 spiro atoms. The summed E-state index contributed by atoms with van der Waals surface area (Å²) in [7, 11) is 1.67. The first-order chi connectivity index (χ1) is 12.6. The van der Waals surface area contributed by atoms with E-state index in [0.717, 1.165) is 30.8 Å².